The van der Waals surface area contributed by atoms with Crippen molar-refractivity contribution >= 4 is 21.8 Å². The summed E-state index contributed by atoms with van der Waals surface area (Å²) in [5, 5.41) is 0. The third-order valence-corrected chi connectivity index (χ3v) is 6.86. The number of esters is 1. The van der Waals surface area contributed by atoms with Gasteiger partial charge < -0.3 is 9.47 Å². The summed E-state index contributed by atoms with van der Waals surface area (Å²) < 4.78 is 37.5. The maximum absolute atomic E-state index is 12.8. The topological polar surface area (TPSA) is 90.0 Å². The van der Waals surface area contributed by atoms with Crippen LogP contribution in [0.4, 0.5) is 0 Å². The van der Waals surface area contributed by atoms with Gasteiger partial charge >= 0.3 is 5.97 Å². The summed E-state index contributed by atoms with van der Waals surface area (Å²) in [7, 11) is -2.21. The van der Waals surface area contributed by atoms with Gasteiger partial charge in [-0.15, -0.1) is 0 Å². The normalized spacial score (nSPS) is 11.4. The zero-order chi connectivity index (χ0) is 22.5. The average molecular weight is 434 g/mol. The third kappa shape index (κ3) is 5.06. The van der Waals surface area contributed by atoms with Crippen molar-refractivity contribution in [2.24, 2.45) is 0 Å². The van der Waals surface area contributed by atoms with E-state index in [2.05, 4.69) is 0 Å². The van der Waals surface area contributed by atoms with Crippen molar-refractivity contribution in [2.75, 3.05) is 20.2 Å². The van der Waals surface area contributed by atoms with Crippen LogP contribution >= 0.6 is 0 Å². The Hall–Kier alpha value is -2.71. The number of ether oxygens (including phenoxy) is 2. The van der Waals surface area contributed by atoms with Crippen molar-refractivity contribution in [1.82, 2.24) is 4.31 Å². The van der Waals surface area contributed by atoms with Gasteiger partial charge in [-0.05, 0) is 49.7 Å². The predicted molar refractivity (Wildman–Crippen MR) is 113 cm³/mol. The molecule has 0 spiro atoms. The largest absolute Gasteiger partial charge is 0.496 e. The van der Waals surface area contributed by atoms with Crippen LogP contribution in [0.2, 0.25) is 0 Å². The Morgan fingerprint density at radius 1 is 1.03 bits per heavy atom. The van der Waals surface area contributed by atoms with Gasteiger partial charge in [0.05, 0.1) is 17.6 Å². The van der Waals surface area contributed by atoms with E-state index in [0.29, 0.717) is 35.5 Å². The highest BCUT2D eigenvalue weighted by atomic mass is 32.2. The van der Waals surface area contributed by atoms with E-state index in [1.807, 2.05) is 0 Å². The number of Topliss-reactive ketones (excluding diaryl/α,β-unsaturated/α-hetero) is 1. The Morgan fingerprint density at radius 2 is 1.70 bits per heavy atom. The Bertz CT molecular complexity index is 1040. The molecule has 0 aromatic heterocycles. The second kappa shape index (κ2) is 9.86. The maximum Gasteiger partial charge on any atom is 0.338 e. The number of methoxy groups -OCH3 is 1. The molecule has 0 saturated carbocycles. The predicted octanol–water partition coefficient (Wildman–Crippen LogP) is 3.59. The van der Waals surface area contributed by atoms with Crippen LogP contribution in [0.5, 0.6) is 5.75 Å². The van der Waals surface area contributed by atoms with Crippen molar-refractivity contribution < 1.29 is 27.5 Å². The van der Waals surface area contributed by atoms with Crippen LogP contribution in [-0.4, -0.2) is 44.7 Å². The van der Waals surface area contributed by atoms with E-state index in [9.17, 15) is 18.0 Å². The summed E-state index contributed by atoms with van der Waals surface area (Å²) in [6, 6.07) is 9.31. The van der Waals surface area contributed by atoms with Gasteiger partial charge in [0.15, 0.2) is 5.78 Å². The van der Waals surface area contributed by atoms with Crippen LogP contribution in [0.1, 0.15) is 52.6 Å². The molecule has 0 aliphatic carbocycles. The number of hydrogen-bond acceptors (Lipinski definition) is 6. The Balaban J connectivity index is 2.30. The van der Waals surface area contributed by atoms with E-state index < -0.39 is 16.0 Å². The fourth-order valence-corrected chi connectivity index (χ4v) is 4.51. The highest BCUT2D eigenvalue weighted by Gasteiger charge is 2.24. The minimum Gasteiger partial charge on any atom is -0.496 e. The monoisotopic (exact) mass is 433 g/mol. The molecule has 30 heavy (non-hydrogen) atoms. The number of carbonyl (C=O) groups excluding carboxylic acids is 2. The van der Waals surface area contributed by atoms with Crippen LogP contribution in [0, 0.1) is 6.92 Å². The molecule has 0 atom stereocenters. The van der Waals surface area contributed by atoms with Gasteiger partial charge in [0, 0.05) is 24.2 Å². The molecule has 8 heteroatoms. The molecule has 0 amide bonds. The zero-order valence-electron chi connectivity index (χ0n) is 17.9. The molecule has 0 aliphatic heterocycles. The third-order valence-electron chi connectivity index (χ3n) is 4.82. The van der Waals surface area contributed by atoms with Crippen LogP contribution in [-0.2, 0) is 21.4 Å². The number of nitrogens with zero attached hydrogens (tertiary/aromatic N) is 1. The smallest absolute Gasteiger partial charge is 0.338 e. The van der Waals surface area contributed by atoms with Gasteiger partial charge in [0.2, 0.25) is 10.0 Å². The lowest BCUT2D eigenvalue weighted by molar-refractivity contribution is 0.0469. The number of sulfonamides is 1. The second-order valence-corrected chi connectivity index (χ2v) is 8.66. The zero-order valence-corrected chi connectivity index (χ0v) is 18.7. The lowest BCUT2D eigenvalue weighted by Gasteiger charge is -2.19. The van der Waals surface area contributed by atoms with E-state index in [1.165, 1.54) is 30.5 Å². The maximum atomic E-state index is 12.8. The highest BCUT2D eigenvalue weighted by molar-refractivity contribution is 7.89. The number of aryl methyl sites for hydroxylation is 1. The van der Waals surface area contributed by atoms with Crippen molar-refractivity contribution in [2.45, 2.75) is 39.2 Å². The SMILES string of the molecule is CCN(CC)S(=O)(=O)c1ccc(C)c(C(=O)OCc2cc(C(C)=O)ccc2OC)c1. The van der Waals surface area contributed by atoms with Crippen molar-refractivity contribution in [1.29, 1.82) is 0 Å². The van der Waals surface area contributed by atoms with Gasteiger partial charge in [0.1, 0.15) is 12.4 Å². The molecule has 162 valence electrons. The Kier molecular flexibility index (Phi) is 7.75. The van der Waals surface area contributed by atoms with Crippen molar-refractivity contribution in [3.8, 4) is 5.75 Å². The first-order chi connectivity index (χ1) is 14.1. The minimum atomic E-state index is -3.70. The van der Waals surface area contributed by atoms with Gasteiger partial charge in [-0.3, -0.25) is 4.79 Å². The molecule has 0 bridgehead atoms. The van der Waals surface area contributed by atoms with E-state index >= 15 is 0 Å². The number of benzene rings is 2. The van der Waals surface area contributed by atoms with E-state index in [0.717, 1.165) is 0 Å². The summed E-state index contributed by atoms with van der Waals surface area (Å²) in [6.07, 6.45) is 0. The molecule has 0 unspecified atom stereocenters. The molecule has 0 N–H and O–H groups in total. The van der Waals surface area contributed by atoms with Crippen LogP contribution < -0.4 is 4.74 Å². The van der Waals surface area contributed by atoms with Crippen molar-refractivity contribution in [3.63, 3.8) is 0 Å². The summed E-state index contributed by atoms with van der Waals surface area (Å²) in [6.45, 7) is 7.22. The van der Waals surface area contributed by atoms with Crippen LogP contribution in [0.25, 0.3) is 0 Å². The molecule has 0 heterocycles. The van der Waals surface area contributed by atoms with Gasteiger partial charge in [-0.2, -0.15) is 4.31 Å². The average Bonchev–Trinajstić information content (AvgIpc) is 2.72. The summed E-state index contributed by atoms with van der Waals surface area (Å²) in [5.41, 5.74) is 1.79. The van der Waals surface area contributed by atoms with Gasteiger partial charge in [0.25, 0.3) is 0 Å². The molecule has 0 fully saturated rings. The molecular weight excluding hydrogens is 406 g/mol. The Morgan fingerprint density at radius 3 is 2.27 bits per heavy atom. The lowest BCUT2D eigenvalue weighted by Crippen LogP contribution is -2.30. The minimum absolute atomic E-state index is 0.0416. The van der Waals surface area contributed by atoms with Crippen molar-refractivity contribution in [3.05, 3.63) is 58.7 Å². The molecular formula is C22H27NO6S. The first-order valence-corrected chi connectivity index (χ1v) is 11.0. The molecule has 0 radical (unpaired) electrons. The molecule has 7 nitrogen and oxygen atoms in total. The quantitative estimate of drug-likeness (QED) is 0.443. The van der Waals surface area contributed by atoms with Crippen LogP contribution in [0.3, 0.4) is 0 Å². The van der Waals surface area contributed by atoms with Crippen LogP contribution in [0.15, 0.2) is 41.3 Å². The first kappa shape index (κ1) is 23.6. The molecule has 2 aromatic rings. The fraction of sp³-hybridized carbons (Fsp3) is 0.364. The summed E-state index contributed by atoms with van der Waals surface area (Å²) in [4.78, 5) is 24.4. The molecule has 0 saturated heterocycles. The summed E-state index contributed by atoms with van der Waals surface area (Å²) in [5.74, 6) is -0.280. The lowest BCUT2D eigenvalue weighted by atomic mass is 10.1. The molecule has 2 aromatic carbocycles. The first-order valence-electron chi connectivity index (χ1n) is 9.61. The number of hydrogen-bond donors (Lipinski definition) is 0. The van der Waals surface area contributed by atoms with E-state index in [4.69, 9.17) is 9.47 Å². The second-order valence-electron chi connectivity index (χ2n) is 6.73. The molecule has 2 rings (SSSR count). The van der Waals surface area contributed by atoms with Gasteiger partial charge in [-0.25, -0.2) is 13.2 Å². The van der Waals surface area contributed by atoms with Gasteiger partial charge in [-0.1, -0.05) is 19.9 Å². The van der Waals surface area contributed by atoms with E-state index in [1.54, 1.807) is 45.0 Å². The number of ketones is 1. The number of rotatable bonds is 9. The highest BCUT2D eigenvalue weighted by Crippen LogP contribution is 2.23. The van der Waals surface area contributed by atoms with E-state index in [-0.39, 0.29) is 22.8 Å². The number of carbonyl (C=O) groups is 2. The molecule has 0 aliphatic rings. The Labute approximate surface area is 177 Å². The fourth-order valence-electron chi connectivity index (χ4n) is 3.03. The summed E-state index contributed by atoms with van der Waals surface area (Å²) >= 11 is 0. The standard InChI is InChI=1S/C22H27NO6S/c1-6-23(7-2)30(26,27)19-10-8-15(3)20(13-19)22(25)29-14-18-12-17(16(4)24)9-11-21(18)28-5/h8-13H,6-7,14H2,1-5H3.